The summed E-state index contributed by atoms with van der Waals surface area (Å²) in [7, 11) is 1.68. The van der Waals surface area contributed by atoms with E-state index in [1.165, 1.54) is 17.3 Å². The lowest BCUT2D eigenvalue weighted by Crippen LogP contribution is -2.19. The van der Waals surface area contributed by atoms with Gasteiger partial charge < -0.3 is 21.1 Å². The topological polar surface area (TPSA) is 146 Å². The molecule has 20 heavy (non-hydrogen) atoms. The molecule has 2 aromatic rings. The molecular formula is C9H13N9O2. The zero-order valence-electron chi connectivity index (χ0n) is 10.6. The Morgan fingerprint density at radius 3 is 2.85 bits per heavy atom. The number of hydrogen-bond donors (Lipinski definition) is 3. The van der Waals surface area contributed by atoms with Crippen LogP contribution in [0.25, 0.3) is 5.95 Å². The second kappa shape index (κ2) is 6.26. The summed E-state index contributed by atoms with van der Waals surface area (Å²) < 4.78 is 5.98. The number of carbonyl (C=O) groups is 1. The van der Waals surface area contributed by atoms with E-state index in [-0.39, 0.29) is 6.61 Å². The Bertz CT molecular complexity index is 571. The van der Waals surface area contributed by atoms with Gasteiger partial charge in [0, 0.05) is 7.05 Å². The number of nitrogens with two attached hydrogens (primary N) is 1. The molecule has 106 valence electrons. The second-order valence-corrected chi connectivity index (χ2v) is 3.47. The van der Waals surface area contributed by atoms with E-state index in [4.69, 9.17) is 5.73 Å². The standard InChI is InChI=1S/C9H13N9O2/c1-11-7-15-8(13-2-3-20-6(10)19)17-9(16-7)18-5-12-4-14-18/h4-5H,2-3H2,1H3,(H2,10,19)(H2,11,13,15,16,17). The van der Waals surface area contributed by atoms with Crippen LogP contribution in [0, 0.1) is 0 Å². The summed E-state index contributed by atoms with van der Waals surface area (Å²) in [5.41, 5.74) is 4.85. The van der Waals surface area contributed by atoms with Gasteiger partial charge in [0.15, 0.2) is 0 Å². The molecule has 0 bridgehead atoms. The average Bonchev–Trinajstić information content (AvgIpc) is 2.97. The summed E-state index contributed by atoms with van der Waals surface area (Å²) in [6.07, 6.45) is 2.01. The molecule has 0 unspecified atom stereocenters. The number of amides is 1. The molecule has 11 nitrogen and oxygen atoms in total. The highest BCUT2D eigenvalue weighted by molar-refractivity contribution is 5.64. The fourth-order valence-corrected chi connectivity index (χ4v) is 1.28. The number of aromatic nitrogens is 6. The molecule has 0 fully saturated rings. The van der Waals surface area contributed by atoms with Gasteiger partial charge in [-0.15, -0.1) is 0 Å². The van der Waals surface area contributed by atoms with Crippen molar-refractivity contribution in [1.82, 2.24) is 29.7 Å². The van der Waals surface area contributed by atoms with Gasteiger partial charge in [0.25, 0.3) is 5.95 Å². The molecule has 0 aromatic carbocycles. The van der Waals surface area contributed by atoms with Crippen LogP contribution >= 0.6 is 0 Å². The molecule has 2 aromatic heterocycles. The molecule has 0 saturated carbocycles. The van der Waals surface area contributed by atoms with E-state index in [0.29, 0.717) is 24.4 Å². The zero-order valence-corrected chi connectivity index (χ0v) is 10.6. The highest BCUT2D eigenvalue weighted by atomic mass is 16.5. The minimum absolute atomic E-state index is 0.106. The van der Waals surface area contributed by atoms with Crippen molar-refractivity contribution in [2.75, 3.05) is 30.8 Å². The van der Waals surface area contributed by atoms with Gasteiger partial charge in [0.2, 0.25) is 11.9 Å². The summed E-state index contributed by atoms with van der Waals surface area (Å²) in [6.45, 7) is 0.418. The molecule has 11 heteroatoms. The number of ether oxygens (including phenoxy) is 1. The Kier molecular flexibility index (Phi) is 4.21. The number of carbonyl (C=O) groups excluding carboxylic acids is 1. The van der Waals surface area contributed by atoms with Crippen molar-refractivity contribution < 1.29 is 9.53 Å². The SMILES string of the molecule is CNc1nc(NCCOC(N)=O)nc(-n2cncn2)n1. The quantitative estimate of drug-likeness (QED) is 0.566. The van der Waals surface area contributed by atoms with Crippen molar-refractivity contribution in [3.63, 3.8) is 0 Å². The van der Waals surface area contributed by atoms with Crippen LogP contribution in [0.4, 0.5) is 16.7 Å². The van der Waals surface area contributed by atoms with Gasteiger partial charge in [-0.25, -0.2) is 9.78 Å². The van der Waals surface area contributed by atoms with Crippen molar-refractivity contribution in [3.05, 3.63) is 12.7 Å². The molecular weight excluding hydrogens is 266 g/mol. The summed E-state index contributed by atoms with van der Waals surface area (Å²) >= 11 is 0. The van der Waals surface area contributed by atoms with Crippen molar-refractivity contribution in [3.8, 4) is 5.95 Å². The monoisotopic (exact) mass is 279 g/mol. The molecule has 0 radical (unpaired) electrons. The van der Waals surface area contributed by atoms with Crippen LogP contribution in [0.15, 0.2) is 12.7 Å². The number of nitrogens with zero attached hydrogens (tertiary/aromatic N) is 6. The summed E-state index contributed by atoms with van der Waals surface area (Å²) in [4.78, 5) is 26.6. The van der Waals surface area contributed by atoms with Gasteiger partial charge >= 0.3 is 6.09 Å². The second-order valence-electron chi connectivity index (χ2n) is 3.47. The van der Waals surface area contributed by atoms with Gasteiger partial charge in [0.1, 0.15) is 19.3 Å². The molecule has 0 saturated heterocycles. The Labute approximate surface area is 113 Å². The van der Waals surface area contributed by atoms with Crippen LogP contribution in [0.2, 0.25) is 0 Å². The third-order valence-corrected chi connectivity index (χ3v) is 2.10. The summed E-state index contributed by atoms with van der Waals surface area (Å²) in [5.74, 6) is 0.979. The molecule has 0 atom stereocenters. The smallest absolute Gasteiger partial charge is 0.404 e. The minimum atomic E-state index is -0.832. The Morgan fingerprint density at radius 1 is 1.40 bits per heavy atom. The fourth-order valence-electron chi connectivity index (χ4n) is 1.28. The van der Waals surface area contributed by atoms with E-state index >= 15 is 0 Å². The van der Waals surface area contributed by atoms with Gasteiger partial charge in [-0.3, -0.25) is 0 Å². The van der Waals surface area contributed by atoms with E-state index in [1.807, 2.05) is 0 Å². The third kappa shape index (κ3) is 3.51. The predicted octanol–water partition coefficient (Wildman–Crippen LogP) is -0.999. The number of rotatable bonds is 6. The molecule has 0 aliphatic carbocycles. The van der Waals surface area contributed by atoms with Gasteiger partial charge in [-0.1, -0.05) is 0 Å². The number of anilines is 2. The predicted molar refractivity (Wildman–Crippen MR) is 68.3 cm³/mol. The van der Waals surface area contributed by atoms with Gasteiger partial charge in [-0.05, 0) is 0 Å². The molecule has 0 aliphatic heterocycles. The Balaban J connectivity index is 2.08. The Hall–Kier alpha value is -2.98. The molecule has 2 rings (SSSR count). The first-order valence-corrected chi connectivity index (χ1v) is 5.64. The molecule has 4 N–H and O–H groups in total. The maximum atomic E-state index is 10.4. The first kappa shape index (κ1) is 13.5. The van der Waals surface area contributed by atoms with Crippen LogP contribution in [0.5, 0.6) is 0 Å². The van der Waals surface area contributed by atoms with Gasteiger partial charge in [-0.2, -0.15) is 24.7 Å². The lowest BCUT2D eigenvalue weighted by Gasteiger charge is -2.08. The van der Waals surface area contributed by atoms with Crippen molar-refractivity contribution >= 4 is 18.0 Å². The molecule has 0 aliphatic rings. The molecule has 0 spiro atoms. The first-order valence-electron chi connectivity index (χ1n) is 5.64. The highest BCUT2D eigenvalue weighted by Gasteiger charge is 2.07. The maximum absolute atomic E-state index is 10.4. The van der Waals surface area contributed by atoms with Crippen molar-refractivity contribution in [2.45, 2.75) is 0 Å². The number of hydrogen-bond acceptors (Lipinski definition) is 9. The van der Waals surface area contributed by atoms with E-state index in [2.05, 4.69) is 40.4 Å². The molecule has 1 amide bonds. The number of primary amides is 1. The third-order valence-electron chi connectivity index (χ3n) is 2.10. The largest absolute Gasteiger partial charge is 0.448 e. The van der Waals surface area contributed by atoms with E-state index < -0.39 is 6.09 Å². The van der Waals surface area contributed by atoms with E-state index in [0.717, 1.165) is 0 Å². The lowest BCUT2D eigenvalue weighted by molar-refractivity contribution is 0.161. The highest BCUT2D eigenvalue weighted by Crippen LogP contribution is 2.07. The first-order chi connectivity index (χ1) is 9.69. The summed E-state index contributed by atoms with van der Waals surface area (Å²) in [6, 6.07) is 0. The number of nitrogens with one attached hydrogen (secondary N) is 2. The van der Waals surface area contributed by atoms with Crippen LogP contribution < -0.4 is 16.4 Å². The van der Waals surface area contributed by atoms with Crippen LogP contribution in [0.3, 0.4) is 0 Å². The minimum Gasteiger partial charge on any atom is -0.448 e. The normalized spacial score (nSPS) is 10.1. The van der Waals surface area contributed by atoms with Gasteiger partial charge in [0.05, 0.1) is 6.54 Å². The molecule has 2 heterocycles. The maximum Gasteiger partial charge on any atom is 0.404 e. The van der Waals surface area contributed by atoms with E-state index in [1.54, 1.807) is 7.05 Å². The Morgan fingerprint density at radius 2 is 2.20 bits per heavy atom. The average molecular weight is 279 g/mol. The van der Waals surface area contributed by atoms with Crippen molar-refractivity contribution in [1.29, 1.82) is 0 Å². The zero-order chi connectivity index (χ0) is 14.4. The van der Waals surface area contributed by atoms with E-state index in [9.17, 15) is 4.79 Å². The van der Waals surface area contributed by atoms with Crippen molar-refractivity contribution in [2.24, 2.45) is 5.73 Å². The fraction of sp³-hybridized carbons (Fsp3) is 0.333. The van der Waals surface area contributed by atoms with Crippen LogP contribution in [-0.2, 0) is 4.74 Å². The van der Waals surface area contributed by atoms with Crippen LogP contribution in [0.1, 0.15) is 0 Å². The van der Waals surface area contributed by atoms with Crippen LogP contribution in [-0.4, -0.2) is 56.0 Å². The lowest BCUT2D eigenvalue weighted by atomic mass is 10.6. The summed E-state index contributed by atoms with van der Waals surface area (Å²) in [5, 5.41) is 9.62.